The first-order chi connectivity index (χ1) is 17.0. The molecule has 1 aromatic rings. The third kappa shape index (κ3) is 7.10. The SMILES string of the molecule is O=C(NCCCN1CCCC1=O)[C@H](C1CCCC1)N1CCN(C(=O)COc2ccc(Cl)cc2)CC1. The highest BCUT2D eigenvalue weighted by molar-refractivity contribution is 6.30. The summed E-state index contributed by atoms with van der Waals surface area (Å²) >= 11 is 5.89. The zero-order valence-corrected chi connectivity index (χ0v) is 21.2. The van der Waals surface area contributed by atoms with Crippen molar-refractivity contribution in [3.63, 3.8) is 0 Å². The predicted octanol–water partition coefficient (Wildman–Crippen LogP) is 2.55. The highest BCUT2D eigenvalue weighted by atomic mass is 35.5. The van der Waals surface area contributed by atoms with Gasteiger partial charge in [0.1, 0.15) is 5.75 Å². The number of hydrogen-bond acceptors (Lipinski definition) is 5. The lowest BCUT2D eigenvalue weighted by Gasteiger charge is -2.40. The topological polar surface area (TPSA) is 82.2 Å². The molecule has 2 aliphatic heterocycles. The van der Waals surface area contributed by atoms with Crippen molar-refractivity contribution in [3.8, 4) is 5.75 Å². The molecule has 2 heterocycles. The van der Waals surface area contributed by atoms with E-state index in [9.17, 15) is 14.4 Å². The molecule has 8 nitrogen and oxygen atoms in total. The summed E-state index contributed by atoms with van der Waals surface area (Å²) in [6, 6.07) is 6.83. The van der Waals surface area contributed by atoms with Crippen LogP contribution in [0, 0.1) is 5.92 Å². The van der Waals surface area contributed by atoms with Crippen molar-refractivity contribution in [1.82, 2.24) is 20.0 Å². The van der Waals surface area contributed by atoms with Gasteiger partial charge in [0.05, 0.1) is 6.04 Å². The second-order valence-corrected chi connectivity index (χ2v) is 10.2. The van der Waals surface area contributed by atoms with Gasteiger partial charge in [0.2, 0.25) is 11.8 Å². The van der Waals surface area contributed by atoms with Crippen LogP contribution in [0.15, 0.2) is 24.3 Å². The van der Waals surface area contributed by atoms with Crippen LogP contribution in [0.5, 0.6) is 5.75 Å². The number of nitrogens with one attached hydrogen (secondary N) is 1. The van der Waals surface area contributed by atoms with E-state index >= 15 is 0 Å². The number of ether oxygens (including phenoxy) is 1. The molecule has 1 N–H and O–H groups in total. The standard InChI is InChI=1S/C26H37ClN4O4/c27-21-8-10-22(11-9-21)35-19-24(33)30-15-17-31(18-16-30)25(20-5-1-2-6-20)26(34)28-12-4-14-29-13-3-7-23(29)32/h8-11,20,25H,1-7,12-19H2,(H,28,34)/t25-/m0/s1. The Hall–Kier alpha value is -2.32. The molecule has 9 heteroatoms. The maximum atomic E-state index is 13.2. The van der Waals surface area contributed by atoms with Crippen LogP contribution >= 0.6 is 11.6 Å². The molecule has 0 unspecified atom stereocenters. The second-order valence-electron chi connectivity index (χ2n) is 9.78. The zero-order valence-electron chi connectivity index (χ0n) is 20.4. The first kappa shape index (κ1) is 25.8. The Bertz CT molecular complexity index is 867. The second kappa shape index (κ2) is 12.6. The molecule has 1 aliphatic carbocycles. The van der Waals surface area contributed by atoms with E-state index < -0.39 is 0 Å². The Balaban J connectivity index is 1.23. The maximum absolute atomic E-state index is 13.2. The van der Waals surface area contributed by atoms with Gasteiger partial charge in [0.15, 0.2) is 6.61 Å². The highest BCUT2D eigenvalue weighted by Gasteiger charge is 2.37. The molecule has 1 saturated carbocycles. The molecule has 0 bridgehead atoms. The molecular formula is C26H37ClN4O4. The van der Waals surface area contributed by atoms with Gasteiger partial charge in [-0.25, -0.2) is 0 Å². The lowest BCUT2D eigenvalue weighted by Crippen LogP contribution is -2.58. The van der Waals surface area contributed by atoms with E-state index in [1.807, 2.05) is 9.80 Å². The summed E-state index contributed by atoms with van der Waals surface area (Å²) in [4.78, 5) is 43.7. The number of amides is 3. The fraction of sp³-hybridized carbons (Fsp3) is 0.654. The molecule has 0 spiro atoms. The molecular weight excluding hydrogens is 468 g/mol. The first-order valence-corrected chi connectivity index (χ1v) is 13.3. The van der Waals surface area contributed by atoms with Crippen LogP contribution in [0.1, 0.15) is 44.9 Å². The van der Waals surface area contributed by atoms with Crippen LogP contribution in [-0.2, 0) is 14.4 Å². The van der Waals surface area contributed by atoms with E-state index in [0.717, 1.165) is 32.2 Å². The third-order valence-electron chi connectivity index (χ3n) is 7.43. The van der Waals surface area contributed by atoms with Crippen LogP contribution in [0.3, 0.4) is 0 Å². The third-order valence-corrected chi connectivity index (χ3v) is 7.68. The van der Waals surface area contributed by atoms with Gasteiger partial charge in [0.25, 0.3) is 5.91 Å². The Kier molecular flexibility index (Phi) is 9.26. The summed E-state index contributed by atoms with van der Waals surface area (Å²) in [6.07, 6.45) is 6.88. The molecule has 3 aliphatic rings. The number of piperazine rings is 1. The van der Waals surface area contributed by atoms with Crippen molar-refractivity contribution >= 4 is 29.3 Å². The van der Waals surface area contributed by atoms with Gasteiger partial charge in [0, 0.05) is 57.3 Å². The molecule has 3 amide bonds. The van der Waals surface area contributed by atoms with Crippen molar-refractivity contribution in [3.05, 3.63) is 29.3 Å². The van der Waals surface area contributed by atoms with E-state index in [0.29, 0.717) is 62.4 Å². The van der Waals surface area contributed by atoms with Crippen LogP contribution in [-0.4, -0.2) is 90.9 Å². The average molecular weight is 505 g/mol. The van der Waals surface area contributed by atoms with Gasteiger partial charge in [-0.1, -0.05) is 24.4 Å². The van der Waals surface area contributed by atoms with Crippen molar-refractivity contribution in [2.45, 2.75) is 51.0 Å². The first-order valence-electron chi connectivity index (χ1n) is 13.0. The number of hydrogen-bond donors (Lipinski definition) is 1. The normalized spacial score (nSPS) is 20.3. The van der Waals surface area contributed by atoms with Crippen LogP contribution in [0.25, 0.3) is 0 Å². The summed E-state index contributed by atoms with van der Waals surface area (Å²) in [7, 11) is 0. The van der Waals surface area contributed by atoms with Gasteiger partial charge < -0.3 is 19.9 Å². The summed E-state index contributed by atoms with van der Waals surface area (Å²) in [6.45, 7) is 4.69. The predicted molar refractivity (Wildman–Crippen MR) is 134 cm³/mol. The molecule has 192 valence electrons. The number of likely N-dealkylation sites (tertiary alicyclic amines) is 1. The Morgan fingerprint density at radius 3 is 2.40 bits per heavy atom. The Morgan fingerprint density at radius 1 is 1.03 bits per heavy atom. The minimum atomic E-state index is -0.145. The van der Waals surface area contributed by atoms with Crippen LogP contribution in [0.2, 0.25) is 5.02 Å². The van der Waals surface area contributed by atoms with Crippen LogP contribution in [0.4, 0.5) is 0 Å². The van der Waals surface area contributed by atoms with E-state index in [1.54, 1.807) is 24.3 Å². The van der Waals surface area contributed by atoms with E-state index in [4.69, 9.17) is 16.3 Å². The maximum Gasteiger partial charge on any atom is 0.260 e. The van der Waals surface area contributed by atoms with Gasteiger partial charge in [-0.2, -0.15) is 0 Å². The smallest absolute Gasteiger partial charge is 0.260 e. The van der Waals surface area contributed by atoms with Gasteiger partial charge in [-0.05, 0) is 55.9 Å². The molecule has 1 atom stereocenters. The van der Waals surface area contributed by atoms with Gasteiger partial charge >= 0.3 is 0 Å². The monoisotopic (exact) mass is 504 g/mol. The molecule has 3 fully saturated rings. The Morgan fingerprint density at radius 2 is 1.74 bits per heavy atom. The average Bonchev–Trinajstić information content (AvgIpc) is 3.54. The molecule has 0 aromatic heterocycles. The minimum Gasteiger partial charge on any atom is -0.484 e. The minimum absolute atomic E-state index is 0.00626. The Labute approximate surface area is 212 Å². The van der Waals surface area contributed by atoms with E-state index in [1.165, 1.54) is 12.8 Å². The summed E-state index contributed by atoms with van der Waals surface area (Å²) in [5, 5.41) is 3.77. The molecule has 1 aromatic carbocycles. The fourth-order valence-electron chi connectivity index (χ4n) is 5.49. The van der Waals surface area contributed by atoms with Crippen molar-refractivity contribution in [2.24, 2.45) is 5.92 Å². The van der Waals surface area contributed by atoms with Gasteiger partial charge in [-0.15, -0.1) is 0 Å². The van der Waals surface area contributed by atoms with Crippen molar-refractivity contribution in [2.75, 3.05) is 52.4 Å². The number of carbonyl (C=O) groups excluding carboxylic acids is 3. The summed E-state index contributed by atoms with van der Waals surface area (Å²) in [5.74, 6) is 1.26. The summed E-state index contributed by atoms with van der Waals surface area (Å²) < 4.78 is 5.62. The highest BCUT2D eigenvalue weighted by Crippen LogP contribution is 2.31. The molecule has 2 saturated heterocycles. The largest absolute Gasteiger partial charge is 0.484 e. The van der Waals surface area contributed by atoms with Crippen molar-refractivity contribution in [1.29, 1.82) is 0 Å². The number of carbonyl (C=O) groups is 3. The molecule has 0 radical (unpaired) electrons. The van der Waals surface area contributed by atoms with E-state index in [2.05, 4.69) is 10.2 Å². The zero-order chi connectivity index (χ0) is 24.6. The molecule has 4 rings (SSSR count). The lowest BCUT2D eigenvalue weighted by molar-refractivity contribution is -0.137. The number of rotatable bonds is 10. The number of halogens is 1. The van der Waals surface area contributed by atoms with Gasteiger partial charge in [-0.3, -0.25) is 19.3 Å². The van der Waals surface area contributed by atoms with Crippen molar-refractivity contribution < 1.29 is 19.1 Å². The fourth-order valence-corrected chi connectivity index (χ4v) is 5.62. The lowest BCUT2D eigenvalue weighted by atomic mass is 9.95. The quantitative estimate of drug-likeness (QED) is 0.495. The number of nitrogens with zero attached hydrogens (tertiary/aromatic N) is 3. The van der Waals surface area contributed by atoms with E-state index in [-0.39, 0.29) is 30.4 Å². The molecule has 35 heavy (non-hydrogen) atoms. The summed E-state index contributed by atoms with van der Waals surface area (Å²) in [5.41, 5.74) is 0. The van der Waals surface area contributed by atoms with Crippen LogP contribution < -0.4 is 10.1 Å². The number of benzene rings is 1.